The molecule has 4 heteroatoms. The molecular weight excluding hydrogens is 228 g/mol. The third-order valence-electron chi connectivity index (χ3n) is 3.95. The molecule has 0 saturated carbocycles. The number of fused-ring (bicyclic) bond motifs is 1. The zero-order chi connectivity index (χ0) is 12.5. The van der Waals surface area contributed by atoms with Crippen LogP contribution in [0.15, 0.2) is 24.5 Å². The summed E-state index contributed by atoms with van der Waals surface area (Å²) in [7, 11) is 0. The molecule has 2 saturated heterocycles. The third kappa shape index (κ3) is 2.12. The van der Waals surface area contributed by atoms with E-state index >= 15 is 0 Å². The molecule has 3 rings (SSSR count). The molecule has 0 aliphatic carbocycles. The number of carbonyl (C=O) groups is 1. The first-order valence-corrected chi connectivity index (χ1v) is 6.59. The van der Waals surface area contributed by atoms with Gasteiger partial charge >= 0.3 is 0 Å². The Balaban J connectivity index is 1.70. The molecule has 3 heterocycles. The Labute approximate surface area is 107 Å². The van der Waals surface area contributed by atoms with E-state index in [9.17, 15) is 4.79 Å². The van der Waals surface area contributed by atoms with Crippen molar-refractivity contribution in [3.8, 4) is 0 Å². The van der Waals surface area contributed by atoms with E-state index in [-0.39, 0.29) is 12.0 Å². The van der Waals surface area contributed by atoms with Gasteiger partial charge < -0.3 is 9.64 Å². The van der Waals surface area contributed by atoms with Crippen molar-refractivity contribution in [1.29, 1.82) is 0 Å². The van der Waals surface area contributed by atoms with Gasteiger partial charge in [-0.15, -0.1) is 0 Å². The van der Waals surface area contributed by atoms with E-state index in [1.165, 1.54) is 0 Å². The van der Waals surface area contributed by atoms with Crippen LogP contribution >= 0.6 is 0 Å². The minimum Gasteiger partial charge on any atom is -0.373 e. The Morgan fingerprint density at radius 2 is 2.22 bits per heavy atom. The summed E-state index contributed by atoms with van der Waals surface area (Å²) >= 11 is 0. The van der Waals surface area contributed by atoms with Crippen LogP contribution in [0.5, 0.6) is 0 Å². The first-order valence-electron chi connectivity index (χ1n) is 6.59. The predicted molar refractivity (Wildman–Crippen MR) is 67.2 cm³/mol. The highest BCUT2D eigenvalue weighted by molar-refractivity contribution is 5.94. The minimum atomic E-state index is 0.0963. The number of aromatic nitrogens is 1. The second kappa shape index (κ2) is 4.69. The van der Waals surface area contributed by atoms with Gasteiger partial charge in [0.15, 0.2) is 0 Å². The molecule has 0 aromatic carbocycles. The first kappa shape index (κ1) is 11.7. The summed E-state index contributed by atoms with van der Waals surface area (Å²) in [6.07, 6.45) is 6.10. The molecule has 0 unspecified atom stereocenters. The smallest absolute Gasteiger partial charge is 0.254 e. The van der Waals surface area contributed by atoms with Gasteiger partial charge in [-0.05, 0) is 37.8 Å². The van der Waals surface area contributed by atoms with Crippen molar-refractivity contribution in [2.24, 2.45) is 5.92 Å². The van der Waals surface area contributed by atoms with E-state index in [1.807, 2.05) is 4.90 Å². The number of likely N-dealkylation sites (tertiary alicyclic amines) is 1. The van der Waals surface area contributed by atoms with Crippen LogP contribution in [-0.2, 0) is 4.74 Å². The fourth-order valence-electron chi connectivity index (χ4n) is 3.03. The van der Waals surface area contributed by atoms with Gasteiger partial charge in [0.05, 0.1) is 12.2 Å². The standard InChI is InChI=1S/C14H18N2O2/c1-10-8-12-4-7-16(9-13(12)18-10)14(17)11-2-5-15-6-3-11/h2-3,5-6,10,12-13H,4,7-9H2,1H3/t10-,12-,13+/m0/s1. The summed E-state index contributed by atoms with van der Waals surface area (Å²) in [5.41, 5.74) is 0.717. The molecule has 0 spiro atoms. The fraction of sp³-hybridized carbons (Fsp3) is 0.571. The number of piperidine rings is 1. The van der Waals surface area contributed by atoms with Crippen LogP contribution in [0.25, 0.3) is 0 Å². The minimum absolute atomic E-state index is 0.0963. The molecule has 2 aliphatic rings. The van der Waals surface area contributed by atoms with Crippen LogP contribution in [0.4, 0.5) is 0 Å². The van der Waals surface area contributed by atoms with Gasteiger partial charge in [0.25, 0.3) is 5.91 Å². The molecule has 2 aliphatic heterocycles. The summed E-state index contributed by atoms with van der Waals surface area (Å²) < 4.78 is 5.88. The molecule has 1 amide bonds. The summed E-state index contributed by atoms with van der Waals surface area (Å²) in [5.74, 6) is 0.737. The lowest BCUT2D eigenvalue weighted by Crippen LogP contribution is -2.45. The summed E-state index contributed by atoms with van der Waals surface area (Å²) in [6, 6.07) is 3.54. The Bertz CT molecular complexity index is 435. The van der Waals surface area contributed by atoms with Gasteiger partial charge in [-0.25, -0.2) is 0 Å². The number of amides is 1. The number of hydrogen-bond acceptors (Lipinski definition) is 3. The topological polar surface area (TPSA) is 42.4 Å². The first-order chi connectivity index (χ1) is 8.74. The largest absolute Gasteiger partial charge is 0.373 e. The molecule has 1 aromatic heterocycles. The molecule has 18 heavy (non-hydrogen) atoms. The molecule has 0 radical (unpaired) electrons. The zero-order valence-electron chi connectivity index (χ0n) is 10.6. The van der Waals surface area contributed by atoms with E-state index in [0.29, 0.717) is 12.0 Å². The van der Waals surface area contributed by atoms with E-state index in [0.717, 1.165) is 31.5 Å². The zero-order valence-corrected chi connectivity index (χ0v) is 10.6. The Kier molecular flexibility index (Phi) is 3.04. The van der Waals surface area contributed by atoms with Gasteiger partial charge in [-0.3, -0.25) is 9.78 Å². The van der Waals surface area contributed by atoms with Crippen molar-refractivity contribution in [3.63, 3.8) is 0 Å². The molecule has 1 aromatic rings. The summed E-state index contributed by atoms with van der Waals surface area (Å²) in [5, 5.41) is 0. The third-order valence-corrected chi connectivity index (χ3v) is 3.95. The van der Waals surface area contributed by atoms with Crippen LogP contribution in [0, 0.1) is 5.92 Å². The molecule has 0 N–H and O–H groups in total. The maximum absolute atomic E-state index is 12.3. The number of nitrogens with zero attached hydrogens (tertiary/aromatic N) is 2. The highest BCUT2D eigenvalue weighted by Gasteiger charge is 2.38. The number of ether oxygens (including phenoxy) is 1. The van der Waals surface area contributed by atoms with Gasteiger partial charge in [-0.1, -0.05) is 0 Å². The van der Waals surface area contributed by atoms with Crippen molar-refractivity contribution >= 4 is 5.91 Å². The van der Waals surface area contributed by atoms with Crippen LogP contribution in [-0.4, -0.2) is 41.1 Å². The number of hydrogen-bond donors (Lipinski definition) is 0. The quantitative estimate of drug-likeness (QED) is 0.757. The summed E-state index contributed by atoms with van der Waals surface area (Å²) in [6.45, 7) is 3.70. The second-order valence-electron chi connectivity index (χ2n) is 5.26. The Morgan fingerprint density at radius 3 is 3.00 bits per heavy atom. The van der Waals surface area contributed by atoms with E-state index in [2.05, 4.69) is 11.9 Å². The van der Waals surface area contributed by atoms with Gasteiger partial charge in [0.2, 0.25) is 0 Å². The molecule has 3 atom stereocenters. The predicted octanol–water partition coefficient (Wildman–Crippen LogP) is 1.72. The van der Waals surface area contributed by atoms with Crippen LogP contribution in [0.1, 0.15) is 30.1 Å². The van der Waals surface area contributed by atoms with Crippen LogP contribution in [0.3, 0.4) is 0 Å². The monoisotopic (exact) mass is 246 g/mol. The molecular formula is C14H18N2O2. The number of rotatable bonds is 1. The Hall–Kier alpha value is -1.42. The maximum atomic E-state index is 12.3. The van der Waals surface area contributed by atoms with E-state index in [1.54, 1.807) is 24.5 Å². The van der Waals surface area contributed by atoms with Crippen LogP contribution in [0.2, 0.25) is 0 Å². The second-order valence-corrected chi connectivity index (χ2v) is 5.26. The summed E-state index contributed by atoms with van der Waals surface area (Å²) in [4.78, 5) is 18.2. The van der Waals surface area contributed by atoms with Crippen molar-refractivity contribution in [1.82, 2.24) is 9.88 Å². The van der Waals surface area contributed by atoms with Crippen molar-refractivity contribution in [2.75, 3.05) is 13.1 Å². The van der Waals surface area contributed by atoms with E-state index < -0.39 is 0 Å². The number of pyridine rings is 1. The van der Waals surface area contributed by atoms with Crippen molar-refractivity contribution in [3.05, 3.63) is 30.1 Å². The SMILES string of the molecule is C[C@H]1C[C@@H]2CCN(C(=O)c3ccncc3)C[C@H]2O1. The molecule has 0 bridgehead atoms. The Morgan fingerprint density at radius 1 is 1.44 bits per heavy atom. The molecule has 96 valence electrons. The molecule has 2 fully saturated rings. The lowest BCUT2D eigenvalue weighted by Gasteiger charge is -2.34. The fourth-order valence-corrected chi connectivity index (χ4v) is 3.03. The van der Waals surface area contributed by atoms with Gasteiger partial charge in [0, 0.05) is 31.0 Å². The van der Waals surface area contributed by atoms with E-state index in [4.69, 9.17) is 4.74 Å². The highest BCUT2D eigenvalue weighted by atomic mass is 16.5. The normalized spacial score (nSPS) is 31.2. The highest BCUT2D eigenvalue weighted by Crippen LogP contribution is 2.33. The van der Waals surface area contributed by atoms with Gasteiger partial charge in [0.1, 0.15) is 0 Å². The maximum Gasteiger partial charge on any atom is 0.254 e. The average Bonchev–Trinajstić information content (AvgIpc) is 2.78. The van der Waals surface area contributed by atoms with Crippen molar-refractivity contribution in [2.45, 2.75) is 32.0 Å². The van der Waals surface area contributed by atoms with Crippen molar-refractivity contribution < 1.29 is 9.53 Å². The molecule has 4 nitrogen and oxygen atoms in total. The van der Waals surface area contributed by atoms with Crippen LogP contribution < -0.4 is 0 Å². The lowest BCUT2D eigenvalue weighted by molar-refractivity contribution is 0.00156. The lowest BCUT2D eigenvalue weighted by atomic mass is 9.92. The average molecular weight is 246 g/mol. The van der Waals surface area contributed by atoms with Gasteiger partial charge in [-0.2, -0.15) is 0 Å². The number of carbonyl (C=O) groups excluding carboxylic acids is 1.